The number of benzene rings is 2. The zero-order valence-electron chi connectivity index (χ0n) is 16.2. The lowest BCUT2D eigenvalue weighted by atomic mass is 10.0. The summed E-state index contributed by atoms with van der Waals surface area (Å²) in [5.74, 6) is -1.16. The number of imide groups is 1. The van der Waals surface area contributed by atoms with Gasteiger partial charge in [-0.1, -0.05) is 29.5 Å². The van der Waals surface area contributed by atoms with Crippen molar-refractivity contribution < 1.29 is 14.5 Å². The highest BCUT2D eigenvalue weighted by Gasteiger charge is 2.15. The van der Waals surface area contributed by atoms with Crippen LogP contribution in [-0.2, 0) is 4.79 Å². The van der Waals surface area contributed by atoms with Gasteiger partial charge in [-0.3, -0.25) is 25.0 Å². The van der Waals surface area contributed by atoms with Gasteiger partial charge in [-0.05, 0) is 50.1 Å². The van der Waals surface area contributed by atoms with Gasteiger partial charge in [-0.25, -0.2) is 4.98 Å². The van der Waals surface area contributed by atoms with Gasteiger partial charge in [0.2, 0.25) is 5.91 Å². The summed E-state index contributed by atoms with van der Waals surface area (Å²) in [5, 5.41) is 14.8. The van der Waals surface area contributed by atoms with E-state index in [1.807, 2.05) is 26.8 Å². The molecular formula is C21H19N3O4S. The number of thioether (sulfide) groups is 1. The Morgan fingerprint density at radius 1 is 1.10 bits per heavy atom. The molecule has 0 atom stereocenters. The topological polar surface area (TPSA) is 102 Å². The van der Waals surface area contributed by atoms with E-state index in [0.717, 1.165) is 28.1 Å². The number of amides is 2. The van der Waals surface area contributed by atoms with Gasteiger partial charge in [0, 0.05) is 23.1 Å². The number of aryl methyl sites for hydroxylation is 3. The van der Waals surface area contributed by atoms with E-state index < -0.39 is 16.7 Å². The maximum atomic E-state index is 12.2. The summed E-state index contributed by atoms with van der Waals surface area (Å²) in [6.07, 6.45) is 0. The van der Waals surface area contributed by atoms with Crippen molar-refractivity contribution in [1.82, 2.24) is 10.3 Å². The number of aromatic nitrogens is 1. The number of nitrogens with one attached hydrogen (secondary N) is 1. The Kier molecular flexibility index (Phi) is 5.93. The lowest BCUT2D eigenvalue weighted by Gasteiger charge is -2.10. The maximum Gasteiger partial charge on any atom is 0.270 e. The lowest BCUT2D eigenvalue weighted by Crippen LogP contribution is -2.31. The fraction of sp³-hybridized carbons (Fsp3) is 0.190. The number of non-ortho nitro benzene ring substituents is 1. The molecule has 1 N–H and O–H groups in total. The minimum Gasteiger partial charge on any atom is -0.292 e. The molecule has 0 aliphatic heterocycles. The maximum absolute atomic E-state index is 12.2. The van der Waals surface area contributed by atoms with Crippen LogP contribution >= 0.6 is 11.8 Å². The molecule has 0 fully saturated rings. The summed E-state index contributed by atoms with van der Waals surface area (Å²) in [4.78, 5) is 39.2. The predicted octanol–water partition coefficient (Wildman–Crippen LogP) is 4.12. The van der Waals surface area contributed by atoms with Gasteiger partial charge in [0.25, 0.3) is 11.6 Å². The molecule has 0 unspecified atom stereocenters. The van der Waals surface area contributed by atoms with Crippen molar-refractivity contribution in [3.8, 4) is 0 Å². The van der Waals surface area contributed by atoms with E-state index in [0.29, 0.717) is 5.03 Å². The van der Waals surface area contributed by atoms with Gasteiger partial charge >= 0.3 is 0 Å². The van der Waals surface area contributed by atoms with Crippen LogP contribution in [0.4, 0.5) is 5.69 Å². The average molecular weight is 409 g/mol. The first-order chi connectivity index (χ1) is 13.7. The number of carbonyl (C=O) groups excluding carboxylic acids is 2. The summed E-state index contributed by atoms with van der Waals surface area (Å²) < 4.78 is 0. The molecule has 148 valence electrons. The van der Waals surface area contributed by atoms with Crippen LogP contribution in [0.3, 0.4) is 0 Å². The van der Waals surface area contributed by atoms with E-state index in [4.69, 9.17) is 0 Å². The predicted molar refractivity (Wildman–Crippen MR) is 112 cm³/mol. The number of carbonyl (C=O) groups is 2. The Hall–Kier alpha value is -3.26. The average Bonchev–Trinajstić information content (AvgIpc) is 2.67. The molecule has 1 heterocycles. The Balaban J connectivity index is 1.68. The van der Waals surface area contributed by atoms with Crippen molar-refractivity contribution in [2.45, 2.75) is 25.8 Å². The van der Waals surface area contributed by atoms with E-state index in [9.17, 15) is 19.7 Å². The van der Waals surface area contributed by atoms with Gasteiger partial charge in [-0.15, -0.1) is 0 Å². The first-order valence-electron chi connectivity index (χ1n) is 8.84. The first kappa shape index (κ1) is 20.5. The van der Waals surface area contributed by atoms with Crippen LogP contribution in [0, 0.1) is 30.9 Å². The lowest BCUT2D eigenvalue weighted by molar-refractivity contribution is -0.384. The SMILES string of the molecule is Cc1cc(C)c2nc(SCC(=O)NC(=O)c3cccc([N+](=O)[O-])c3)cc(C)c2c1. The van der Waals surface area contributed by atoms with Crippen LogP contribution in [0.2, 0.25) is 0 Å². The molecule has 0 aliphatic carbocycles. The molecule has 8 heteroatoms. The van der Waals surface area contributed by atoms with Crippen LogP contribution in [0.15, 0.2) is 47.5 Å². The standard InChI is InChI=1S/C21H19N3O4S/c1-12-7-14(3)20-17(8-12)13(2)9-19(23-20)29-11-18(25)22-21(26)15-5-4-6-16(10-15)24(27)28/h4-10H,11H2,1-3H3,(H,22,25,26). The van der Waals surface area contributed by atoms with Crippen molar-refractivity contribution >= 4 is 40.2 Å². The largest absolute Gasteiger partial charge is 0.292 e. The minimum absolute atomic E-state index is 0.00349. The number of nitrogens with zero attached hydrogens (tertiary/aromatic N) is 2. The second-order valence-electron chi connectivity index (χ2n) is 6.73. The molecule has 29 heavy (non-hydrogen) atoms. The van der Waals surface area contributed by atoms with E-state index >= 15 is 0 Å². The molecule has 2 amide bonds. The fourth-order valence-electron chi connectivity index (χ4n) is 3.02. The highest BCUT2D eigenvalue weighted by molar-refractivity contribution is 7.99. The second-order valence-corrected chi connectivity index (χ2v) is 7.72. The summed E-state index contributed by atoms with van der Waals surface area (Å²) in [5.41, 5.74) is 4.04. The van der Waals surface area contributed by atoms with E-state index in [2.05, 4.69) is 22.4 Å². The Morgan fingerprint density at radius 2 is 1.86 bits per heavy atom. The summed E-state index contributed by atoms with van der Waals surface area (Å²) in [6.45, 7) is 6.04. The molecule has 0 bridgehead atoms. The van der Waals surface area contributed by atoms with Crippen LogP contribution in [-0.4, -0.2) is 27.5 Å². The van der Waals surface area contributed by atoms with E-state index in [1.165, 1.54) is 35.5 Å². The number of pyridine rings is 1. The molecule has 0 saturated heterocycles. The molecule has 0 saturated carbocycles. The zero-order chi connectivity index (χ0) is 21.1. The van der Waals surface area contributed by atoms with Gasteiger partial charge in [-0.2, -0.15) is 0 Å². The molecule has 0 spiro atoms. The molecule has 0 aliphatic rings. The van der Waals surface area contributed by atoms with Gasteiger partial charge in [0.1, 0.15) is 0 Å². The molecular weight excluding hydrogens is 390 g/mol. The molecule has 0 radical (unpaired) electrons. The van der Waals surface area contributed by atoms with Gasteiger partial charge < -0.3 is 0 Å². The Bertz CT molecular complexity index is 1140. The summed E-state index contributed by atoms with van der Waals surface area (Å²) >= 11 is 1.23. The quantitative estimate of drug-likeness (QED) is 0.386. The molecule has 3 aromatic rings. The molecule has 2 aromatic carbocycles. The number of hydrogen-bond acceptors (Lipinski definition) is 6. The second kappa shape index (κ2) is 8.40. The van der Waals surface area contributed by atoms with Crippen molar-refractivity contribution in [2.75, 3.05) is 5.75 Å². The Labute approximate surface area is 171 Å². The Morgan fingerprint density at radius 3 is 2.59 bits per heavy atom. The van der Waals surface area contributed by atoms with Gasteiger partial charge in [0.05, 0.1) is 21.2 Å². The highest BCUT2D eigenvalue weighted by atomic mass is 32.2. The number of rotatable bonds is 5. The van der Waals surface area contributed by atoms with Crippen molar-refractivity contribution in [2.24, 2.45) is 0 Å². The van der Waals surface area contributed by atoms with Crippen LogP contribution < -0.4 is 5.32 Å². The van der Waals surface area contributed by atoms with Crippen molar-refractivity contribution in [1.29, 1.82) is 0 Å². The minimum atomic E-state index is -0.673. The third kappa shape index (κ3) is 4.78. The first-order valence-corrected chi connectivity index (χ1v) is 9.83. The highest BCUT2D eigenvalue weighted by Crippen LogP contribution is 2.26. The monoisotopic (exact) mass is 409 g/mol. The molecule has 3 rings (SSSR count). The number of hydrogen-bond donors (Lipinski definition) is 1. The smallest absolute Gasteiger partial charge is 0.270 e. The van der Waals surface area contributed by atoms with Crippen molar-refractivity contribution in [3.63, 3.8) is 0 Å². The number of fused-ring (bicyclic) bond motifs is 1. The van der Waals surface area contributed by atoms with Crippen molar-refractivity contribution in [3.05, 3.63) is 74.8 Å². The van der Waals surface area contributed by atoms with Crippen LogP contribution in [0.25, 0.3) is 10.9 Å². The summed E-state index contributed by atoms with van der Waals surface area (Å²) in [6, 6.07) is 11.3. The fourth-order valence-corrected chi connectivity index (χ4v) is 3.79. The third-order valence-corrected chi connectivity index (χ3v) is 5.27. The number of nitro groups is 1. The van der Waals surface area contributed by atoms with E-state index in [1.54, 1.807) is 0 Å². The van der Waals surface area contributed by atoms with Crippen LogP contribution in [0.1, 0.15) is 27.0 Å². The van der Waals surface area contributed by atoms with E-state index in [-0.39, 0.29) is 17.0 Å². The molecule has 7 nitrogen and oxygen atoms in total. The van der Waals surface area contributed by atoms with Gasteiger partial charge in [0.15, 0.2) is 0 Å². The third-order valence-electron chi connectivity index (χ3n) is 4.35. The van der Waals surface area contributed by atoms with Crippen LogP contribution in [0.5, 0.6) is 0 Å². The molecule has 1 aromatic heterocycles. The summed E-state index contributed by atoms with van der Waals surface area (Å²) in [7, 11) is 0. The normalized spacial score (nSPS) is 10.7. The zero-order valence-corrected chi connectivity index (χ0v) is 17.0. The number of nitro benzene ring substituents is 1.